The third kappa shape index (κ3) is 4.73. The van der Waals surface area contributed by atoms with Gasteiger partial charge in [-0.25, -0.2) is 0 Å². The maximum absolute atomic E-state index is 12.8. The van der Waals surface area contributed by atoms with E-state index in [0.29, 0.717) is 11.8 Å². The predicted molar refractivity (Wildman–Crippen MR) is 79.1 cm³/mol. The summed E-state index contributed by atoms with van der Waals surface area (Å²) in [5.74, 6) is 1.07. The third-order valence-electron chi connectivity index (χ3n) is 4.54. The van der Waals surface area contributed by atoms with Crippen LogP contribution >= 0.6 is 0 Å². The minimum atomic E-state index is -4.25. The van der Waals surface area contributed by atoms with E-state index in [9.17, 15) is 13.2 Å². The first-order valence-electron chi connectivity index (χ1n) is 7.81. The van der Waals surface area contributed by atoms with Crippen LogP contribution < -0.4 is 5.32 Å². The van der Waals surface area contributed by atoms with Crippen LogP contribution in [-0.2, 0) is 12.6 Å². The Hall–Kier alpha value is -1.03. The SMILES string of the molecule is CNCC1CCCCCC1Cc1cccc(C(F)(F)F)c1. The third-order valence-corrected chi connectivity index (χ3v) is 4.54. The van der Waals surface area contributed by atoms with E-state index >= 15 is 0 Å². The van der Waals surface area contributed by atoms with Gasteiger partial charge in [-0.2, -0.15) is 13.2 Å². The fraction of sp³-hybridized carbons (Fsp3) is 0.647. The van der Waals surface area contributed by atoms with Crippen molar-refractivity contribution in [3.05, 3.63) is 35.4 Å². The molecular formula is C17H24F3N. The second kappa shape index (κ2) is 7.30. The Morgan fingerprint density at radius 1 is 1.10 bits per heavy atom. The first-order chi connectivity index (χ1) is 10.0. The number of halogens is 3. The van der Waals surface area contributed by atoms with Gasteiger partial charge in [0, 0.05) is 0 Å². The summed E-state index contributed by atoms with van der Waals surface area (Å²) < 4.78 is 38.4. The van der Waals surface area contributed by atoms with Crippen LogP contribution in [0.5, 0.6) is 0 Å². The Labute approximate surface area is 124 Å². The van der Waals surface area contributed by atoms with Gasteiger partial charge >= 0.3 is 6.18 Å². The molecule has 1 fully saturated rings. The van der Waals surface area contributed by atoms with E-state index in [4.69, 9.17) is 0 Å². The lowest BCUT2D eigenvalue weighted by molar-refractivity contribution is -0.137. The van der Waals surface area contributed by atoms with Crippen molar-refractivity contribution in [3.63, 3.8) is 0 Å². The van der Waals surface area contributed by atoms with E-state index in [1.165, 1.54) is 37.8 Å². The quantitative estimate of drug-likeness (QED) is 0.797. The normalized spacial score (nSPS) is 23.8. The summed E-state index contributed by atoms with van der Waals surface area (Å²) in [7, 11) is 1.95. The molecule has 1 nitrogen and oxygen atoms in total. The average Bonchev–Trinajstić information content (AvgIpc) is 2.65. The molecule has 2 atom stereocenters. The van der Waals surface area contributed by atoms with E-state index in [2.05, 4.69) is 5.32 Å². The lowest BCUT2D eigenvalue weighted by Gasteiger charge is -2.25. The molecule has 0 radical (unpaired) electrons. The van der Waals surface area contributed by atoms with Crippen LogP contribution in [0, 0.1) is 11.8 Å². The van der Waals surface area contributed by atoms with Gasteiger partial charge in [0.15, 0.2) is 0 Å². The largest absolute Gasteiger partial charge is 0.416 e. The smallest absolute Gasteiger partial charge is 0.319 e. The van der Waals surface area contributed by atoms with Gasteiger partial charge in [0.2, 0.25) is 0 Å². The van der Waals surface area contributed by atoms with Gasteiger partial charge in [0.1, 0.15) is 0 Å². The van der Waals surface area contributed by atoms with Crippen molar-refractivity contribution < 1.29 is 13.2 Å². The molecule has 0 spiro atoms. The Morgan fingerprint density at radius 3 is 2.48 bits per heavy atom. The van der Waals surface area contributed by atoms with E-state index in [1.807, 2.05) is 13.1 Å². The van der Waals surface area contributed by atoms with Crippen molar-refractivity contribution in [3.8, 4) is 0 Å². The maximum atomic E-state index is 12.8. The Morgan fingerprint density at radius 2 is 1.81 bits per heavy atom. The number of hydrogen-bond acceptors (Lipinski definition) is 1. The van der Waals surface area contributed by atoms with Gasteiger partial charge < -0.3 is 5.32 Å². The molecule has 1 saturated carbocycles. The highest BCUT2D eigenvalue weighted by Crippen LogP contribution is 2.33. The van der Waals surface area contributed by atoms with Crippen LogP contribution in [-0.4, -0.2) is 13.6 Å². The Kier molecular flexibility index (Phi) is 5.68. The number of rotatable bonds is 4. The number of alkyl halides is 3. The molecule has 0 saturated heterocycles. The average molecular weight is 299 g/mol. The molecule has 2 rings (SSSR count). The highest BCUT2D eigenvalue weighted by Gasteiger charge is 2.31. The van der Waals surface area contributed by atoms with Gasteiger partial charge in [-0.1, -0.05) is 37.5 Å². The molecule has 118 valence electrons. The Bertz CT molecular complexity index is 442. The summed E-state index contributed by atoms with van der Waals surface area (Å²) in [4.78, 5) is 0. The van der Waals surface area contributed by atoms with Crippen LogP contribution in [0.2, 0.25) is 0 Å². The molecule has 0 heterocycles. The van der Waals surface area contributed by atoms with Crippen molar-refractivity contribution in [1.29, 1.82) is 0 Å². The molecule has 1 aromatic carbocycles. The molecular weight excluding hydrogens is 275 g/mol. The molecule has 2 unspecified atom stereocenters. The molecule has 4 heteroatoms. The van der Waals surface area contributed by atoms with Gasteiger partial charge in [-0.05, 0) is 56.3 Å². The number of hydrogen-bond donors (Lipinski definition) is 1. The fourth-order valence-corrected chi connectivity index (χ4v) is 3.44. The summed E-state index contributed by atoms with van der Waals surface area (Å²) >= 11 is 0. The molecule has 0 bridgehead atoms. The minimum Gasteiger partial charge on any atom is -0.319 e. The molecule has 1 N–H and O–H groups in total. The fourth-order valence-electron chi connectivity index (χ4n) is 3.44. The predicted octanol–water partition coefficient (Wildman–Crippen LogP) is 4.66. The van der Waals surface area contributed by atoms with E-state index in [-0.39, 0.29) is 0 Å². The van der Waals surface area contributed by atoms with Crippen molar-refractivity contribution in [2.45, 2.75) is 44.7 Å². The van der Waals surface area contributed by atoms with Gasteiger partial charge in [-0.15, -0.1) is 0 Å². The van der Waals surface area contributed by atoms with Gasteiger partial charge in [0.25, 0.3) is 0 Å². The summed E-state index contributed by atoms with van der Waals surface area (Å²) in [6.45, 7) is 0.962. The van der Waals surface area contributed by atoms with Crippen LogP contribution in [0.1, 0.15) is 43.2 Å². The van der Waals surface area contributed by atoms with Crippen LogP contribution in [0.3, 0.4) is 0 Å². The Balaban J connectivity index is 2.11. The number of nitrogens with one attached hydrogen (secondary N) is 1. The topological polar surface area (TPSA) is 12.0 Å². The molecule has 0 aromatic heterocycles. The zero-order chi connectivity index (χ0) is 15.3. The van der Waals surface area contributed by atoms with E-state index < -0.39 is 11.7 Å². The van der Waals surface area contributed by atoms with Crippen LogP contribution in [0.15, 0.2) is 24.3 Å². The summed E-state index contributed by atoms with van der Waals surface area (Å²) in [6, 6.07) is 5.83. The number of benzene rings is 1. The monoisotopic (exact) mass is 299 g/mol. The molecule has 1 aliphatic carbocycles. The van der Waals surface area contributed by atoms with E-state index in [0.717, 1.165) is 31.0 Å². The summed E-state index contributed by atoms with van der Waals surface area (Å²) in [5, 5.41) is 3.24. The van der Waals surface area contributed by atoms with Gasteiger partial charge in [0.05, 0.1) is 5.56 Å². The zero-order valence-electron chi connectivity index (χ0n) is 12.5. The molecule has 0 aliphatic heterocycles. The highest BCUT2D eigenvalue weighted by molar-refractivity contribution is 5.26. The van der Waals surface area contributed by atoms with Crippen molar-refractivity contribution in [2.75, 3.05) is 13.6 Å². The first kappa shape index (κ1) is 16.3. The molecule has 0 amide bonds. The second-order valence-electron chi connectivity index (χ2n) is 6.12. The second-order valence-corrected chi connectivity index (χ2v) is 6.12. The summed E-state index contributed by atoms with van der Waals surface area (Å²) in [6.07, 6.45) is 2.52. The minimum absolute atomic E-state index is 0.489. The molecule has 1 aromatic rings. The summed E-state index contributed by atoms with van der Waals surface area (Å²) in [5.41, 5.74) is 0.289. The van der Waals surface area contributed by atoms with Crippen molar-refractivity contribution >= 4 is 0 Å². The maximum Gasteiger partial charge on any atom is 0.416 e. The van der Waals surface area contributed by atoms with Crippen LogP contribution in [0.25, 0.3) is 0 Å². The van der Waals surface area contributed by atoms with Crippen molar-refractivity contribution in [2.24, 2.45) is 11.8 Å². The standard InChI is InChI=1S/C17H24F3N/c1-21-12-15-8-4-2-3-7-14(15)10-13-6-5-9-16(11-13)17(18,19)20/h5-6,9,11,14-15,21H,2-4,7-8,10,12H2,1H3. The van der Waals surface area contributed by atoms with Gasteiger partial charge in [-0.3, -0.25) is 0 Å². The molecule has 21 heavy (non-hydrogen) atoms. The van der Waals surface area contributed by atoms with E-state index in [1.54, 1.807) is 0 Å². The molecule has 1 aliphatic rings. The lowest BCUT2D eigenvalue weighted by atomic mass is 9.83. The first-order valence-corrected chi connectivity index (χ1v) is 7.81. The van der Waals surface area contributed by atoms with Crippen LogP contribution in [0.4, 0.5) is 13.2 Å². The zero-order valence-corrected chi connectivity index (χ0v) is 12.5. The highest BCUT2D eigenvalue weighted by atomic mass is 19.4. The lowest BCUT2D eigenvalue weighted by Crippen LogP contribution is -2.26. The van der Waals surface area contributed by atoms with Crippen molar-refractivity contribution in [1.82, 2.24) is 5.32 Å².